The number of hydrogen-bond acceptors (Lipinski definition) is 8. The maximum absolute atomic E-state index is 8.52. The second-order valence-corrected chi connectivity index (χ2v) is 2.45. The minimum atomic E-state index is -5.17. The van der Waals surface area contributed by atoms with E-state index in [1.807, 2.05) is 0 Å². The molecule has 0 aliphatic heterocycles. The Kier molecular flexibility index (Phi) is 16.3. The van der Waals surface area contributed by atoms with Gasteiger partial charge in [-0.15, -0.1) is 0 Å². The van der Waals surface area contributed by atoms with E-state index in [4.69, 9.17) is 35.0 Å². The van der Waals surface area contributed by atoms with Crippen molar-refractivity contribution in [1.82, 2.24) is 0 Å². The van der Waals surface area contributed by atoms with Crippen LogP contribution in [0.3, 0.4) is 0 Å². The van der Waals surface area contributed by atoms with Gasteiger partial charge in [0.15, 0.2) is 0 Å². The average molecular weight is 349 g/mol. The summed E-state index contributed by atoms with van der Waals surface area (Å²) in [5.74, 6) is 0. The van der Waals surface area contributed by atoms with Gasteiger partial charge in [0.25, 0.3) is 0 Å². The third kappa shape index (κ3) is 1360. The molecule has 0 saturated heterocycles. The average Bonchev–Trinajstić information content (AvgIpc) is 1.12. The minimum Gasteiger partial charge on any atom is -0.759 e. The molecule has 0 heterocycles. The summed E-state index contributed by atoms with van der Waals surface area (Å²) in [5, 5.41) is 0. The van der Waals surface area contributed by atoms with Gasteiger partial charge in [-0.25, -0.2) is 0 Å². The van der Waals surface area contributed by atoms with Crippen molar-refractivity contribution in [3.63, 3.8) is 0 Å². The molecule has 0 rings (SSSR count). The number of hydrogen-bond donors (Lipinski definition) is 0. The van der Waals surface area contributed by atoms with Crippen LogP contribution in [-0.2, 0) is 57.3 Å². The van der Waals surface area contributed by atoms with Gasteiger partial charge in [0.1, 0.15) is 0 Å². The monoisotopic (exact) mass is 350 g/mol. The van der Waals surface area contributed by atoms with Gasteiger partial charge in [-0.1, -0.05) is 0 Å². The quantitative estimate of drug-likeness (QED) is 0.260. The summed E-state index contributed by atoms with van der Waals surface area (Å²) in [6.45, 7) is 0. The zero-order valence-corrected chi connectivity index (χ0v) is 9.26. The van der Waals surface area contributed by atoms with Crippen molar-refractivity contribution in [2.24, 2.45) is 0 Å². The Morgan fingerprint density at radius 3 is 0.667 bits per heavy atom. The Morgan fingerprint density at radius 1 is 0.667 bits per heavy atom. The molecule has 75 valence electrons. The van der Waals surface area contributed by atoms with Gasteiger partial charge in [0.2, 0.25) is 0 Å². The molecule has 0 bridgehead atoms. The molecule has 0 spiro atoms. The van der Waals surface area contributed by atoms with Crippen LogP contribution in [0.4, 0.5) is 0 Å². The molecule has 0 saturated carbocycles. The smallest absolute Gasteiger partial charge is 0.759 e. The van der Waals surface area contributed by atoms with Gasteiger partial charge >= 0.3 is 36.5 Å². The molecular weight excluding hydrogens is 349 g/mol. The van der Waals surface area contributed by atoms with E-state index in [1.165, 1.54) is 0 Å². The third-order valence-electron chi connectivity index (χ3n) is 0. The van der Waals surface area contributed by atoms with Crippen molar-refractivity contribution in [2.45, 2.75) is 0 Å². The summed E-state index contributed by atoms with van der Waals surface area (Å²) >= 11 is 0. The van der Waals surface area contributed by atoms with E-state index in [-0.39, 0.29) is 36.5 Å². The fourth-order valence-corrected chi connectivity index (χ4v) is 0. The first-order valence-corrected chi connectivity index (χ1v) is 4.00. The van der Waals surface area contributed by atoms with Gasteiger partial charge in [-0.3, -0.25) is 16.8 Å². The Morgan fingerprint density at radius 2 is 0.667 bits per heavy atom. The molecule has 12 heteroatoms. The zero-order valence-electron chi connectivity index (χ0n) is 4.79. The molecule has 0 atom stereocenters. The first-order valence-electron chi connectivity index (χ1n) is 1.33. The molecule has 0 aromatic carbocycles. The first kappa shape index (κ1) is 23.1. The van der Waals surface area contributed by atoms with Crippen molar-refractivity contribution in [2.75, 3.05) is 0 Å². The molecule has 12 heavy (non-hydrogen) atoms. The van der Waals surface area contributed by atoms with E-state index in [0.29, 0.717) is 0 Å². The summed E-state index contributed by atoms with van der Waals surface area (Å²) in [6, 6.07) is 0. The molecule has 0 aromatic rings. The molecule has 8 nitrogen and oxygen atoms in total. The molecular formula is FeO8RuS2+. The van der Waals surface area contributed by atoms with Crippen LogP contribution in [0, 0.1) is 0 Å². The second kappa shape index (κ2) is 8.48. The van der Waals surface area contributed by atoms with E-state index >= 15 is 0 Å². The fourth-order valence-electron chi connectivity index (χ4n) is 0. The van der Waals surface area contributed by atoms with Gasteiger partial charge in [0.05, 0.1) is 0 Å². The molecule has 0 N–H and O–H groups in total. The summed E-state index contributed by atoms with van der Waals surface area (Å²) in [5.41, 5.74) is 0. The molecule has 0 amide bonds. The topological polar surface area (TPSA) is 161 Å². The molecule has 0 aliphatic carbocycles. The van der Waals surface area contributed by atoms with E-state index in [0.717, 1.165) is 0 Å². The van der Waals surface area contributed by atoms with Gasteiger partial charge in [0, 0.05) is 20.8 Å². The van der Waals surface area contributed by atoms with E-state index in [1.54, 1.807) is 0 Å². The molecule has 0 aliphatic rings. The predicted molar refractivity (Wildman–Crippen MR) is 20.9 cm³/mol. The normalized spacial score (nSPS) is 9.67. The molecule has 0 aromatic heterocycles. The van der Waals surface area contributed by atoms with Crippen LogP contribution in [0.25, 0.3) is 0 Å². The van der Waals surface area contributed by atoms with Crippen molar-refractivity contribution in [3.8, 4) is 0 Å². The van der Waals surface area contributed by atoms with Crippen LogP contribution < -0.4 is 0 Å². The Balaban J connectivity index is -0.0000000457. The van der Waals surface area contributed by atoms with Crippen LogP contribution in [0.15, 0.2) is 0 Å². The Labute approximate surface area is 92.1 Å². The molecule has 0 fully saturated rings. The summed E-state index contributed by atoms with van der Waals surface area (Å²) in [7, 11) is -10.3. The predicted octanol–water partition coefficient (Wildman–Crippen LogP) is -2.68. The van der Waals surface area contributed by atoms with Gasteiger partial charge < -0.3 is 18.2 Å². The fraction of sp³-hybridized carbons (Fsp3) is 0. The largest absolute Gasteiger partial charge is 3.00 e. The van der Waals surface area contributed by atoms with Crippen LogP contribution in [0.1, 0.15) is 0 Å². The summed E-state index contributed by atoms with van der Waals surface area (Å²) < 4.78 is 68.2. The van der Waals surface area contributed by atoms with Crippen LogP contribution in [-0.4, -0.2) is 35.0 Å². The second-order valence-electron chi connectivity index (χ2n) is 0.816. The van der Waals surface area contributed by atoms with Gasteiger partial charge in [-0.2, -0.15) is 0 Å². The van der Waals surface area contributed by atoms with E-state index in [9.17, 15) is 0 Å². The molecule has 1 radical (unpaired) electrons. The summed E-state index contributed by atoms with van der Waals surface area (Å²) in [6.07, 6.45) is 0. The Hall–Kier alpha value is 0.883. The van der Waals surface area contributed by atoms with Crippen molar-refractivity contribution >= 4 is 20.8 Å². The minimum absolute atomic E-state index is 0. The Bertz CT molecular complexity index is 213. The zero-order chi connectivity index (χ0) is 9.00. The molecule has 0 unspecified atom stereocenters. The third-order valence-corrected chi connectivity index (χ3v) is 0. The van der Waals surface area contributed by atoms with E-state index in [2.05, 4.69) is 0 Å². The maximum Gasteiger partial charge on any atom is 3.00 e. The van der Waals surface area contributed by atoms with E-state index < -0.39 is 20.8 Å². The standard InChI is InChI=1S/Fe.2H2O4S.Ru/c;2*1-5(2,3)4;/h;2*(H2,1,2,3,4);/q+2;;;+3/p-4. The van der Waals surface area contributed by atoms with Crippen LogP contribution in [0.2, 0.25) is 0 Å². The maximum atomic E-state index is 8.52. The van der Waals surface area contributed by atoms with Gasteiger partial charge in [-0.05, 0) is 0 Å². The SMILES string of the molecule is O=S(=O)([O-])[O-].O=S(=O)([O-])[O-].[Fe+2].[Ru+3]. The van der Waals surface area contributed by atoms with Crippen molar-refractivity contribution in [3.05, 3.63) is 0 Å². The van der Waals surface area contributed by atoms with Crippen LogP contribution in [0.5, 0.6) is 0 Å². The first-order chi connectivity index (χ1) is 4.00. The van der Waals surface area contributed by atoms with Crippen molar-refractivity contribution < 1.29 is 71.6 Å². The van der Waals surface area contributed by atoms with Crippen molar-refractivity contribution in [1.29, 1.82) is 0 Å². The number of rotatable bonds is 0. The summed E-state index contributed by atoms with van der Waals surface area (Å²) in [4.78, 5) is 0. The van der Waals surface area contributed by atoms with Crippen LogP contribution >= 0.6 is 0 Å².